The average Bonchev–Trinajstić information content (AvgIpc) is 2.36. The molecule has 19 heavy (non-hydrogen) atoms. The number of rotatable bonds is 7. The molecule has 0 fully saturated rings. The Morgan fingerprint density at radius 3 is 2.58 bits per heavy atom. The van der Waals surface area contributed by atoms with Gasteiger partial charge in [0.15, 0.2) is 0 Å². The van der Waals surface area contributed by atoms with E-state index in [9.17, 15) is 0 Å². The number of ether oxygens (including phenoxy) is 1. The molecule has 1 aromatic carbocycles. The fourth-order valence-electron chi connectivity index (χ4n) is 2.32. The van der Waals surface area contributed by atoms with Gasteiger partial charge in [0, 0.05) is 6.42 Å². The van der Waals surface area contributed by atoms with Gasteiger partial charge in [-0.3, -0.25) is 0 Å². The predicted octanol–water partition coefficient (Wildman–Crippen LogP) is 4.94. The molecule has 0 aromatic heterocycles. The fourth-order valence-corrected chi connectivity index (χ4v) is 2.32. The Labute approximate surface area is 118 Å². The van der Waals surface area contributed by atoms with Crippen LogP contribution >= 0.6 is 0 Å². The van der Waals surface area contributed by atoms with E-state index < -0.39 is 0 Å². The van der Waals surface area contributed by atoms with E-state index >= 15 is 0 Å². The summed E-state index contributed by atoms with van der Waals surface area (Å²) in [6, 6.07) is 6.39. The van der Waals surface area contributed by atoms with E-state index in [2.05, 4.69) is 51.8 Å². The van der Waals surface area contributed by atoms with Gasteiger partial charge < -0.3 is 4.74 Å². The second-order valence-electron chi connectivity index (χ2n) is 5.62. The van der Waals surface area contributed by atoms with Crippen molar-refractivity contribution in [1.29, 1.82) is 0 Å². The topological polar surface area (TPSA) is 9.23 Å². The molecule has 104 valence electrons. The molecule has 0 heterocycles. The predicted molar refractivity (Wildman–Crippen MR) is 82.6 cm³/mol. The second-order valence-corrected chi connectivity index (χ2v) is 5.62. The molecule has 0 aliphatic carbocycles. The van der Waals surface area contributed by atoms with Crippen molar-refractivity contribution in [2.75, 3.05) is 6.61 Å². The first-order valence-electron chi connectivity index (χ1n) is 7.25. The van der Waals surface area contributed by atoms with Crippen LogP contribution in [0.1, 0.15) is 57.1 Å². The van der Waals surface area contributed by atoms with E-state index in [4.69, 9.17) is 11.2 Å². The van der Waals surface area contributed by atoms with Gasteiger partial charge in [-0.05, 0) is 48.4 Å². The first kappa shape index (κ1) is 15.6. The summed E-state index contributed by atoms with van der Waals surface area (Å²) in [5.74, 6) is 4.80. The SMILES string of the molecule is C#CCC(CCC)c1ccc(OCC(C)C)cc1C. The Bertz CT molecular complexity index is 426. The molecule has 0 saturated heterocycles. The maximum Gasteiger partial charge on any atom is 0.119 e. The van der Waals surface area contributed by atoms with Crippen molar-refractivity contribution in [1.82, 2.24) is 0 Å². The van der Waals surface area contributed by atoms with Crippen molar-refractivity contribution in [2.45, 2.75) is 52.9 Å². The summed E-state index contributed by atoms with van der Waals surface area (Å²) in [6.07, 6.45) is 8.62. The molecule has 0 saturated carbocycles. The molecule has 0 aliphatic heterocycles. The Hall–Kier alpha value is -1.42. The summed E-state index contributed by atoms with van der Waals surface area (Å²) in [5.41, 5.74) is 2.66. The van der Waals surface area contributed by atoms with Crippen LogP contribution < -0.4 is 4.74 Å². The molecule has 0 amide bonds. The largest absolute Gasteiger partial charge is 0.493 e. The third-order valence-corrected chi connectivity index (χ3v) is 3.27. The highest BCUT2D eigenvalue weighted by molar-refractivity contribution is 5.37. The molecule has 1 rings (SSSR count). The van der Waals surface area contributed by atoms with Crippen molar-refractivity contribution < 1.29 is 4.74 Å². The average molecular weight is 258 g/mol. The van der Waals surface area contributed by atoms with Crippen LogP contribution in [0.5, 0.6) is 5.75 Å². The summed E-state index contributed by atoms with van der Waals surface area (Å²) in [7, 11) is 0. The Morgan fingerprint density at radius 1 is 1.32 bits per heavy atom. The number of hydrogen-bond acceptors (Lipinski definition) is 1. The van der Waals surface area contributed by atoms with E-state index in [1.165, 1.54) is 11.1 Å². The fraction of sp³-hybridized carbons (Fsp3) is 0.556. The zero-order valence-electron chi connectivity index (χ0n) is 12.7. The number of benzene rings is 1. The molecule has 1 nitrogen and oxygen atoms in total. The van der Waals surface area contributed by atoms with Crippen molar-refractivity contribution >= 4 is 0 Å². The van der Waals surface area contributed by atoms with Gasteiger partial charge in [0.25, 0.3) is 0 Å². The van der Waals surface area contributed by atoms with Crippen LogP contribution in [0.2, 0.25) is 0 Å². The normalized spacial score (nSPS) is 12.2. The number of terminal acetylenes is 1. The van der Waals surface area contributed by atoms with Crippen molar-refractivity contribution in [3.05, 3.63) is 29.3 Å². The van der Waals surface area contributed by atoms with Gasteiger partial charge in [-0.1, -0.05) is 33.3 Å². The molecule has 1 aromatic rings. The quantitative estimate of drug-likeness (QED) is 0.630. The van der Waals surface area contributed by atoms with Crippen LogP contribution in [-0.4, -0.2) is 6.61 Å². The van der Waals surface area contributed by atoms with Crippen molar-refractivity contribution in [3.63, 3.8) is 0 Å². The first-order valence-corrected chi connectivity index (χ1v) is 7.25. The number of aryl methyl sites for hydroxylation is 1. The highest BCUT2D eigenvalue weighted by Gasteiger charge is 2.12. The van der Waals surface area contributed by atoms with Gasteiger partial charge in [0.2, 0.25) is 0 Å². The highest BCUT2D eigenvalue weighted by atomic mass is 16.5. The smallest absolute Gasteiger partial charge is 0.119 e. The maximum absolute atomic E-state index is 5.76. The molecule has 0 N–H and O–H groups in total. The third-order valence-electron chi connectivity index (χ3n) is 3.27. The van der Waals surface area contributed by atoms with E-state index in [1.807, 2.05) is 0 Å². The lowest BCUT2D eigenvalue weighted by molar-refractivity contribution is 0.271. The van der Waals surface area contributed by atoms with Gasteiger partial charge in [0.05, 0.1) is 6.61 Å². The third kappa shape index (κ3) is 4.99. The van der Waals surface area contributed by atoms with Crippen molar-refractivity contribution in [2.24, 2.45) is 5.92 Å². The monoisotopic (exact) mass is 258 g/mol. The van der Waals surface area contributed by atoms with Gasteiger partial charge >= 0.3 is 0 Å². The van der Waals surface area contributed by atoms with Gasteiger partial charge in [-0.15, -0.1) is 12.3 Å². The standard InChI is InChI=1S/C18H26O/c1-6-8-16(9-7-2)18-11-10-17(12-15(18)5)19-13-14(3)4/h1,10-12,14,16H,7-9,13H2,2-5H3. The molecule has 1 heteroatoms. The minimum atomic E-state index is 0.481. The summed E-state index contributed by atoms with van der Waals surface area (Å²) in [6.45, 7) is 9.44. The van der Waals surface area contributed by atoms with Gasteiger partial charge in [0.1, 0.15) is 5.75 Å². The molecule has 0 aliphatic rings. The van der Waals surface area contributed by atoms with Crippen LogP contribution in [-0.2, 0) is 0 Å². The lowest BCUT2D eigenvalue weighted by Gasteiger charge is -2.18. The molecule has 0 radical (unpaired) electrons. The Morgan fingerprint density at radius 2 is 2.05 bits per heavy atom. The van der Waals surface area contributed by atoms with Gasteiger partial charge in [-0.2, -0.15) is 0 Å². The van der Waals surface area contributed by atoms with Crippen molar-refractivity contribution in [3.8, 4) is 18.1 Å². The molecule has 0 bridgehead atoms. The lowest BCUT2D eigenvalue weighted by atomic mass is 9.88. The molecular formula is C18H26O. The van der Waals surface area contributed by atoms with E-state index in [0.29, 0.717) is 11.8 Å². The maximum atomic E-state index is 5.76. The highest BCUT2D eigenvalue weighted by Crippen LogP contribution is 2.29. The van der Waals surface area contributed by atoms with E-state index in [1.54, 1.807) is 0 Å². The number of hydrogen-bond donors (Lipinski definition) is 0. The first-order chi connectivity index (χ1) is 9.08. The molecule has 1 atom stereocenters. The lowest BCUT2D eigenvalue weighted by Crippen LogP contribution is -2.06. The Kier molecular flexibility index (Phi) is 6.50. The Balaban J connectivity index is 2.83. The second kappa shape index (κ2) is 7.89. The molecular weight excluding hydrogens is 232 g/mol. The van der Waals surface area contributed by atoms with Crippen LogP contribution in [0.3, 0.4) is 0 Å². The summed E-state index contributed by atoms with van der Waals surface area (Å²) in [4.78, 5) is 0. The van der Waals surface area contributed by atoms with Crippen LogP contribution in [0.15, 0.2) is 18.2 Å². The van der Waals surface area contributed by atoms with E-state index in [-0.39, 0.29) is 0 Å². The minimum Gasteiger partial charge on any atom is -0.493 e. The summed E-state index contributed by atoms with van der Waals surface area (Å²) < 4.78 is 5.76. The molecule has 0 spiro atoms. The summed E-state index contributed by atoms with van der Waals surface area (Å²) in [5, 5.41) is 0. The van der Waals surface area contributed by atoms with Crippen LogP contribution in [0, 0.1) is 25.2 Å². The van der Waals surface area contributed by atoms with Gasteiger partial charge in [-0.25, -0.2) is 0 Å². The van der Waals surface area contributed by atoms with Crippen LogP contribution in [0.25, 0.3) is 0 Å². The zero-order valence-corrected chi connectivity index (χ0v) is 12.7. The van der Waals surface area contributed by atoms with Crippen LogP contribution in [0.4, 0.5) is 0 Å². The molecule has 1 unspecified atom stereocenters. The minimum absolute atomic E-state index is 0.481. The van der Waals surface area contributed by atoms with E-state index in [0.717, 1.165) is 31.6 Å². The zero-order chi connectivity index (χ0) is 14.3. The summed E-state index contributed by atoms with van der Waals surface area (Å²) >= 11 is 0.